The Morgan fingerprint density at radius 3 is 3.60 bits per heavy atom. The molecule has 1 aromatic rings. The fourth-order valence-electron chi connectivity index (χ4n) is 0.938. The first kappa shape index (κ1) is 5.53. The lowest BCUT2D eigenvalue weighted by atomic mass is 10.3. The van der Waals surface area contributed by atoms with Crippen LogP contribution in [0.15, 0.2) is 12.3 Å². The average Bonchev–Trinajstić information content (AvgIpc) is 2.05. The van der Waals surface area contributed by atoms with E-state index in [-0.39, 0.29) is 0 Å². The van der Waals surface area contributed by atoms with Crippen molar-refractivity contribution in [2.75, 3.05) is 18.5 Å². The van der Waals surface area contributed by atoms with Gasteiger partial charge in [0.15, 0.2) is 0 Å². The maximum atomic E-state index is 5.29. The fourth-order valence-corrected chi connectivity index (χ4v) is 0.938. The highest BCUT2D eigenvalue weighted by Gasteiger charge is 2.06. The predicted molar refractivity (Wildman–Crippen MR) is 37.1 cm³/mol. The van der Waals surface area contributed by atoms with Crippen LogP contribution >= 0.6 is 0 Å². The van der Waals surface area contributed by atoms with Crippen molar-refractivity contribution >= 4 is 5.69 Å². The summed E-state index contributed by atoms with van der Waals surface area (Å²) in [6.07, 6.45) is 4.42. The van der Waals surface area contributed by atoms with Gasteiger partial charge < -0.3 is 10.1 Å². The molecule has 1 aromatic heterocycles. The van der Waals surface area contributed by atoms with Gasteiger partial charge in [0.1, 0.15) is 12.4 Å². The lowest BCUT2D eigenvalue weighted by molar-refractivity contribution is 0.323. The van der Waals surface area contributed by atoms with Crippen LogP contribution in [-0.2, 0) is 0 Å². The first-order chi connectivity index (χ1) is 4.97. The van der Waals surface area contributed by atoms with Crippen molar-refractivity contribution in [3.05, 3.63) is 18.5 Å². The van der Waals surface area contributed by atoms with E-state index >= 15 is 0 Å². The summed E-state index contributed by atoms with van der Waals surface area (Å²) in [6, 6.07) is 1.74. The van der Waals surface area contributed by atoms with Crippen LogP contribution in [0.4, 0.5) is 5.69 Å². The van der Waals surface area contributed by atoms with E-state index in [0.717, 1.165) is 24.6 Å². The van der Waals surface area contributed by atoms with Crippen LogP contribution in [0.25, 0.3) is 0 Å². The smallest absolute Gasteiger partial charge is 0.146 e. The Bertz CT molecular complexity index is 212. The van der Waals surface area contributed by atoms with Crippen LogP contribution < -0.4 is 10.1 Å². The predicted octanol–water partition coefficient (Wildman–Crippen LogP) is 0.686. The minimum absolute atomic E-state index is 0.727. The van der Waals surface area contributed by atoms with Gasteiger partial charge in [-0.3, -0.25) is 4.98 Å². The van der Waals surface area contributed by atoms with E-state index in [9.17, 15) is 0 Å². The summed E-state index contributed by atoms with van der Waals surface area (Å²) in [6.45, 7) is 1.59. The van der Waals surface area contributed by atoms with Crippen molar-refractivity contribution in [1.82, 2.24) is 4.98 Å². The molecule has 0 unspecified atom stereocenters. The molecule has 0 aromatic carbocycles. The standard InChI is InChI=1S/C7H7N2O/c1-2-8-5-6-7(1)10-4-3-9-6/h1,5,9H,3-4H2. The maximum absolute atomic E-state index is 5.29. The summed E-state index contributed by atoms with van der Waals surface area (Å²) in [4.78, 5) is 3.83. The second-order valence-corrected chi connectivity index (χ2v) is 2.08. The van der Waals surface area contributed by atoms with E-state index < -0.39 is 0 Å². The Kier molecular flexibility index (Phi) is 1.20. The van der Waals surface area contributed by atoms with E-state index in [4.69, 9.17) is 4.74 Å². The minimum atomic E-state index is 0.727. The van der Waals surface area contributed by atoms with Gasteiger partial charge in [-0.2, -0.15) is 0 Å². The topological polar surface area (TPSA) is 34.2 Å². The monoisotopic (exact) mass is 135 g/mol. The van der Waals surface area contributed by atoms with E-state index in [2.05, 4.69) is 16.5 Å². The van der Waals surface area contributed by atoms with Crippen LogP contribution in [0.1, 0.15) is 0 Å². The number of pyridine rings is 1. The Hall–Kier alpha value is -1.25. The lowest BCUT2D eigenvalue weighted by Crippen LogP contribution is -2.17. The first-order valence-electron chi connectivity index (χ1n) is 3.19. The number of hydrogen-bond donors (Lipinski definition) is 1. The van der Waals surface area contributed by atoms with Gasteiger partial charge in [-0.15, -0.1) is 0 Å². The van der Waals surface area contributed by atoms with Gasteiger partial charge in [0.05, 0.1) is 18.1 Å². The van der Waals surface area contributed by atoms with Crippen molar-refractivity contribution < 1.29 is 4.74 Å². The number of hydrogen-bond acceptors (Lipinski definition) is 3. The van der Waals surface area contributed by atoms with Crippen molar-refractivity contribution in [1.29, 1.82) is 0 Å². The molecular formula is C7H7N2O. The highest BCUT2D eigenvalue weighted by molar-refractivity contribution is 5.55. The third kappa shape index (κ3) is 0.795. The molecule has 0 atom stereocenters. The number of anilines is 1. The van der Waals surface area contributed by atoms with Crippen LogP contribution in [0.3, 0.4) is 0 Å². The van der Waals surface area contributed by atoms with Crippen molar-refractivity contribution in [3.8, 4) is 5.75 Å². The zero-order valence-electron chi connectivity index (χ0n) is 5.42. The highest BCUT2D eigenvalue weighted by atomic mass is 16.5. The van der Waals surface area contributed by atoms with E-state index in [1.165, 1.54) is 0 Å². The average molecular weight is 135 g/mol. The molecule has 1 aliphatic heterocycles. The third-order valence-electron chi connectivity index (χ3n) is 1.40. The quantitative estimate of drug-likeness (QED) is 0.568. The molecule has 0 aliphatic carbocycles. The normalized spacial score (nSPS) is 14.8. The summed E-state index contributed by atoms with van der Waals surface area (Å²) < 4.78 is 5.29. The van der Waals surface area contributed by atoms with Gasteiger partial charge in [-0.1, -0.05) is 0 Å². The van der Waals surface area contributed by atoms with Gasteiger partial charge >= 0.3 is 0 Å². The SMILES string of the molecule is [c]1cc2c(cn1)NCCO2. The molecule has 0 saturated carbocycles. The van der Waals surface area contributed by atoms with E-state index in [0.29, 0.717) is 0 Å². The fraction of sp³-hybridized carbons (Fsp3) is 0.286. The Morgan fingerprint density at radius 2 is 2.70 bits per heavy atom. The number of nitrogens with zero attached hydrogens (tertiary/aromatic N) is 1. The molecule has 1 radical (unpaired) electrons. The van der Waals surface area contributed by atoms with Crippen molar-refractivity contribution in [2.45, 2.75) is 0 Å². The second-order valence-electron chi connectivity index (χ2n) is 2.08. The van der Waals surface area contributed by atoms with Crippen LogP contribution in [-0.4, -0.2) is 18.1 Å². The van der Waals surface area contributed by atoms with Gasteiger partial charge in [0.2, 0.25) is 0 Å². The summed E-state index contributed by atoms with van der Waals surface area (Å²) in [5.41, 5.74) is 0.963. The first-order valence-corrected chi connectivity index (χ1v) is 3.19. The van der Waals surface area contributed by atoms with E-state index in [1.54, 1.807) is 12.3 Å². The van der Waals surface area contributed by atoms with E-state index in [1.807, 2.05) is 0 Å². The molecular weight excluding hydrogens is 128 g/mol. The number of rotatable bonds is 0. The molecule has 51 valence electrons. The molecule has 0 fully saturated rings. The maximum Gasteiger partial charge on any atom is 0.146 e. The number of aromatic nitrogens is 1. The summed E-state index contributed by atoms with van der Waals surface area (Å²) >= 11 is 0. The molecule has 0 amide bonds. The summed E-state index contributed by atoms with van der Waals surface area (Å²) in [5, 5.41) is 3.16. The van der Waals surface area contributed by atoms with Crippen LogP contribution in [0.5, 0.6) is 5.75 Å². The Morgan fingerprint density at radius 1 is 1.70 bits per heavy atom. The van der Waals surface area contributed by atoms with Gasteiger partial charge in [0.25, 0.3) is 0 Å². The summed E-state index contributed by atoms with van der Waals surface area (Å²) in [5.74, 6) is 0.848. The number of nitrogens with one attached hydrogen (secondary N) is 1. The number of fused-ring (bicyclic) bond motifs is 1. The molecule has 0 saturated heterocycles. The molecule has 2 heterocycles. The largest absolute Gasteiger partial charge is 0.489 e. The minimum Gasteiger partial charge on any atom is -0.489 e. The Balaban J connectivity index is 2.41. The number of ether oxygens (including phenoxy) is 1. The molecule has 0 spiro atoms. The molecule has 1 aliphatic rings. The van der Waals surface area contributed by atoms with Crippen LogP contribution in [0, 0.1) is 6.20 Å². The third-order valence-corrected chi connectivity index (χ3v) is 1.40. The zero-order chi connectivity index (χ0) is 6.81. The molecule has 3 nitrogen and oxygen atoms in total. The zero-order valence-corrected chi connectivity index (χ0v) is 5.42. The Labute approximate surface area is 59.0 Å². The van der Waals surface area contributed by atoms with Gasteiger partial charge in [-0.25, -0.2) is 0 Å². The van der Waals surface area contributed by atoms with Gasteiger partial charge in [0, 0.05) is 12.6 Å². The molecule has 10 heavy (non-hydrogen) atoms. The molecule has 1 N–H and O–H groups in total. The molecule has 3 heteroatoms. The van der Waals surface area contributed by atoms with Crippen LogP contribution in [0.2, 0.25) is 0 Å². The van der Waals surface area contributed by atoms with Crippen molar-refractivity contribution in [2.24, 2.45) is 0 Å². The van der Waals surface area contributed by atoms with Crippen molar-refractivity contribution in [3.63, 3.8) is 0 Å². The molecule has 0 bridgehead atoms. The summed E-state index contributed by atoms with van der Waals surface area (Å²) in [7, 11) is 0. The second kappa shape index (κ2) is 2.17. The van der Waals surface area contributed by atoms with Gasteiger partial charge in [-0.05, 0) is 0 Å². The highest BCUT2D eigenvalue weighted by Crippen LogP contribution is 2.23. The molecule has 2 rings (SSSR count). The lowest BCUT2D eigenvalue weighted by Gasteiger charge is -2.17.